The summed E-state index contributed by atoms with van der Waals surface area (Å²) in [5.74, 6) is -0.572. The van der Waals surface area contributed by atoms with Crippen LogP contribution < -0.4 is 0 Å². The van der Waals surface area contributed by atoms with Gasteiger partial charge in [0.2, 0.25) is 0 Å². The Kier molecular flexibility index (Phi) is 2.98. The zero-order chi connectivity index (χ0) is 11.6. The second kappa shape index (κ2) is 4.03. The fourth-order valence-electron chi connectivity index (χ4n) is 1.31. The average molecular weight is 218 g/mol. The van der Waals surface area contributed by atoms with Gasteiger partial charge in [0.1, 0.15) is 6.10 Å². The lowest BCUT2D eigenvalue weighted by atomic mass is 10.4. The van der Waals surface area contributed by atoms with Crippen LogP contribution in [0.5, 0.6) is 0 Å². The summed E-state index contributed by atoms with van der Waals surface area (Å²) in [4.78, 5) is 31.9. The fourth-order valence-corrected chi connectivity index (χ4v) is 1.31. The van der Waals surface area contributed by atoms with E-state index in [0.717, 1.165) is 0 Å². The van der Waals surface area contributed by atoms with Gasteiger partial charge < -0.3 is 14.9 Å². The molecule has 0 aliphatic carbocycles. The molecule has 0 spiro atoms. The van der Waals surface area contributed by atoms with Crippen molar-refractivity contribution in [2.75, 3.05) is 13.1 Å². The summed E-state index contributed by atoms with van der Waals surface area (Å²) in [5, 5.41) is 18.5. The number of amides is 2. The Morgan fingerprint density at radius 1 is 1.13 bits per heavy atom. The molecule has 2 N–H and O–H groups in total. The van der Waals surface area contributed by atoms with Crippen LogP contribution in [0.3, 0.4) is 0 Å². The molecular formula is C7H10N2O6. The third-order valence-electron chi connectivity index (χ3n) is 1.82. The maximum absolute atomic E-state index is 10.6. The number of nitrogens with zero attached hydrogens (tertiary/aromatic N) is 2. The maximum Gasteiger partial charge on any atom is 0.426 e. The first-order valence-electron chi connectivity index (χ1n) is 4.10. The van der Waals surface area contributed by atoms with Crippen LogP contribution in [0, 0.1) is 0 Å². The van der Waals surface area contributed by atoms with Crippen LogP contribution in [-0.4, -0.2) is 57.6 Å². The molecule has 0 aromatic heterocycles. The molecule has 15 heavy (non-hydrogen) atoms. The van der Waals surface area contributed by atoms with Gasteiger partial charge in [-0.15, -0.1) is 0 Å². The minimum Gasteiger partial charge on any atom is -0.464 e. The number of esters is 1. The largest absolute Gasteiger partial charge is 0.464 e. The third kappa shape index (κ3) is 2.48. The third-order valence-corrected chi connectivity index (χ3v) is 1.82. The van der Waals surface area contributed by atoms with Crippen molar-refractivity contribution in [3.63, 3.8) is 0 Å². The molecule has 1 saturated heterocycles. The summed E-state index contributed by atoms with van der Waals surface area (Å²) in [5.41, 5.74) is 0. The van der Waals surface area contributed by atoms with Crippen LogP contribution in [0.1, 0.15) is 6.92 Å². The minimum atomic E-state index is -1.40. The molecule has 0 unspecified atom stereocenters. The van der Waals surface area contributed by atoms with E-state index in [4.69, 9.17) is 14.9 Å². The van der Waals surface area contributed by atoms with Crippen molar-refractivity contribution < 1.29 is 29.3 Å². The molecule has 2 amide bonds. The van der Waals surface area contributed by atoms with Crippen LogP contribution in [0.4, 0.5) is 9.59 Å². The van der Waals surface area contributed by atoms with Gasteiger partial charge in [0.25, 0.3) is 0 Å². The van der Waals surface area contributed by atoms with E-state index in [1.807, 2.05) is 0 Å². The van der Waals surface area contributed by atoms with Gasteiger partial charge in [-0.25, -0.2) is 19.6 Å². The normalized spacial score (nSPS) is 16.6. The van der Waals surface area contributed by atoms with Crippen molar-refractivity contribution in [2.24, 2.45) is 0 Å². The summed E-state index contributed by atoms with van der Waals surface area (Å²) in [6.07, 6.45) is -3.53. The van der Waals surface area contributed by atoms with Gasteiger partial charge >= 0.3 is 18.2 Å². The van der Waals surface area contributed by atoms with E-state index in [2.05, 4.69) is 0 Å². The lowest BCUT2D eigenvalue weighted by molar-refractivity contribution is -0.145. The number of hydrogen-bond donors (Lipinski definition) is 2. The van der Waals surface area contributed by atoms with Crippen molar-refractivity contribution in [3.8, 4) is 0 Å². The topological polar surface area (TPSA) is 107 Å². The van der Waals surface area contributed by atoms with Gasteiger partial charge in [-0.3, -0.25) is 4.79 Å². The van der Waals surface area contributed by atoms with E-state index in [1.165, 1.54) is 6.92 Å². The molecule has 0 aromatic rings. The molecule has 0 aromatic carbocycles. The van der Waals surface area contributed by atoms with Crippen molar-refractivity contribution in [2.45, 2.75) is 13.0 Å². The summed E-state index contributed by atoms with van der Waals surface area (Å²) >= 11 is 0. The number of rotatable bonds is 1. The van der Waals surface area contributed by atoms with Crippen molar-refractivity contribution in [1.82, 2.24) is 10.0 Å². The van der Waals surface area contributed by atoms with Gasteiger partial charge in [-0.2, -0.15) is 0 Å². The first-order valence-corrected chi connectivity index (χ1v) is 4.10. The van der Waals surface area contributed by atoms with Gasteiger partial charge in [-0.05, 0) is 0 Å². The minimum absolute atomic E-state index is 0.165. The summed E-state index contributed by atoms with van der Waals surface area (Å²) in [7, 11) is 0. The lowest BCUT2D eigenvalue weighted by Crippen LogP contribution is -2.43. The standard InChI is InChI=1S/C7H10N2O6/c1-4(10)15-5-2-8(6(11)12)9(3-5)7(13)14/h5H,2-3H2,1H3,(H,11,12)(H,13,14). The number of carbonyl (C=O) groups is 3. The highest BCUT2D eigenvalue weighted by Gasteiger charge is 2.38. The van der Waals surface area contributed by atoms with E-state index < -0.39 is 24.3 Å². The second-order valence-electron chi connectivity index (χ2n) is 2.96. The molecule has 0 radical (unpaired) electrons. The highest BCUT2D eigenvalue weighted by atomic mass is 16.5. The van der Waals surface area contributed by atoms with Crippen LogP contribution in [0.25, 0.3) is 0 Å². The van der Waals surface area contributed by atoms with Gasteiger partial charge in [0.15, 0.2) is 0 Å². The fraction of sp³-hybridized carbons (Fsp3) is 0.571. The maximum atomic E-state index is 10.6. The number of hydrazine groups is 1. The molecule has 8 heteroatoms. The Morgan fingerprint density at radius 3 is 1.80 bits per heavy atom. The Hall–Kier alpha value is -1.99. The van der Waals surface area contributed by atoms with Gasteiger partial charge in [0, 0.05) is 6.92 Å². The molecule has 84 valence electrons. The highest BCUT2D eigenvalue weighted by molar-refractivity contribution is 5.73. The quantitative estimate of drug-likeness (QED) is 0.590. The number of hydrogen-bond acceptors (Lipinski definition) is 4. The molecule has 1 aliphatic heterocycles. The lowest BCUT2D eigenvalue weighted by Gasteiger charge is -2.20. The first kappa shape index (κ1) is 11.1. The molecule has 0 saturated carbocycles. The summed E-state index contributed by atoms with van der Waals surface area (Å²) in [6.45, 7) is 0.844. The predicted octanol–water partition coefficient (Wildman–Crippen LogP) is -0.193. The molecule has 1 rings (SSSR count). The zero-order valence-corrected chi connectivity index (χ0v) is 7.91. The Bertz CT molecular complexity index is 282. The Labute approximate surface area is 84.6 Å². The van der Waals surface area contributed by atoms with Crippen LogP contribution in [0.15, 0.2) is 0 Å². The first-order chi connectivity index (χ1) is 6.91. The monoisotopic (exact) mass is 218 g/mol. The van der Waals surface area contributed by atoms with E-state index in [9.17, 15) is 14.4 Å². The average Bonchev–Trinajstić information content (AvgIpc) is 2.46. The zero-order valence-electron chi connectivity index (χ0n) is 7.91. The summed E-state index contributed by atoms with van der Waals surface area (Å²) in [6, 6.07) is 0. The van der Waals surface area contributed by atoms with E-state index in [1.54, 1.807) is 0 Å². The molecule has 0 atom stereocenters. The van der Waals surface area contributed by atoms with E-state index in [-0.39, 0.29) is 13.1 Å². The van der Waals surface area contributed by atoms with Crippen molar-refractivity contribution >= 4 is 18.2 Å². The van der Waals surface area contributed by atoms with E-state index >= 15 is 0 Å². The van der Waals surface area contributed by atoms with Gasteiger partial charge in [-0.1, -0.05) is 0 Å². The van der Waals surface area contributed by atoms with Crippen LogP contribution in [0.2, 0.25) is 0 Å². The van der Waals surface area contributed by atoms with Crippen molar-refractivity contribution in [1.29, 1.82) is 0 Å². The number of carbonyl (C=O) groups excluding carboxylic acids is 1. The van der Waals surface area contributed by atoms with Crippen LogP contribution >= 0.6 is 0 Å². The smallest absolute Gasteiger partial charge is 0.426 e. The Balaban J connectivity index is 2.69. The number of ether oxygens (including phenoxy) is 1. The van der Waals surface area contributed by atoms with Gasteiger partial charge in [0.05, 0.1) is 13.1 Å². The second-order valence-corrected chi connectivity index (χ2v) is 2.96. The molecule has 1 heterocycles. The molecule has 8 nitrogen and oxygen atoms in total. The predicted molar refractivity (Wildman–Crippen MR) is 45.0 cm³/mol. The SMILES string of the molecule is CC(=O)OC1CN(C(=O)O)N(C(=O)O)C1. The molecule has 0 bridgehead atoms. The van der Waals surface area contributed by atoms with Crippen LogP contribution in [-0.2, 0) is 9.53 Å². The van der Waals surface area contributed by atoms with E-state index in [0.29, 0.717) is 10.0 Å². The highest BCUT2D eigenvalue weighted by Crippen LogP contribution is 2.14. The molecule has 1 fully saturated rings. The number of carboxylic acid groups (broad SMARTS) is 2. The Morgan fingerprint density at radius 2 is 1.53 bits per heavy atom. The summed E-state index contributed by atoms with van der Waals surface area (Å²) < 4.78 is 4.72. The molecular weight excluding hydrogens is 208 g/mol. The van der Waals surface area contributed by atoms with Crippen molar-refractivity contribution in [3.05, 3.63) is 0 Å². The molecule has 1 aliphatic rings.